The molecule has 2 aromatic rings. The van der Waals surface area contributed by atoms with E-state index in [1.165, 1.54) is 40.1 Å². The lowest BCUT2D eigenvalue weighted by Crippen LogP contribution is -2.40. The SMILES string of the molecule is Cc1ccc(C(CN=C(N)Nc2cccc3c2CCCC3)N2CCOCC2)s1. The van der Waals surface area contributed by atoms with Crippen LogP contribution in [0.1, 0.15) is 39.8 Å². The van der Waals surface area contributed by atoms with Crippen molar-refractivity contribution in [2.45, 2.75) is 38.6 Å². The number of nitrogens with zero attached hydrogens (tertiary/aromatic N) is 2. The van der Waals surface area contributed by atoms with E-state index in [0.29, 0.717) is 12.5 Å². The minimum absolute atomic E-state index is 0.257. The van der Waals surface area contributed by atoms with Crippen molar-refractivity contribution in [3.05, 3.63) is 51.2 Å². The van der Waals surface area contributed by atoms with Gasteiger partial charge in [0.15, 0.2) is 5.96 Å². The molecule has 1 aromatic heterocycles. The zero-order chi connectivity index (χ0) is 19.3. The largest absolute Gasteiger partial charge is 0.379 e. The Morgan fingerprint density at radius 2 is 2.04 bits per heavy atom. The standard InChI is InChI=1S/C22H30N4OS/c1-16-9-10-21(28-16)20(26-11-13-27-14-12-26)15-24-22(23)25-19-8-4-6-17-5-2-3-7-18(17)19/h4,6,8-10,20H,2-3,5,7,11-15H2,1H3,(H3,23,24,25). The maximum Gasteiger partial charge on any atom is 0.193 e. The Hall–Kier alpha value is -1.89. The van der Waals surface area contributed by atoms with Crippen LogP contribution >= 0.6 is 11.3 Å². The first-order chi connectivity index (χ1) is 13.7. The van der Waals surface area contributed by atoms with Crippen molar-refractivity contribution in [3.8, 4) is 0 Å². The van der Waals surface area contributed by atoms with E-state index in [0.717, 1.165) is 38.4 Å². The quantitative estimate of drug-likeness (QED) is 0.595. The summed E-state index contributed by atoms with van der Waals surface area (Å²) in [7, 11) is 0. The number of aliphatic imine (C=N–C) groups is 1. The van der Waals surface area contributed by atoms with Crippen LogP contribution in [0.5, 0.6) is 0 Å². The minimum Gasteiger partial charge on any atom is -0.379 e. The summed E-state index contributed by atoms with van der Waals surface area (Å²) in [5.74, 6) is 0.505. The first-order valence-electron chi connectivity index (χ1n) is 10.3. The van der Waals surface area contributed by atoms with Crippen LogP contribution < -0.4 is 11.1 Å². The van der Waals surface area contributed by atoms with Crippen LogP contribution in [0.15, 0.2) is 35.3 Å². The molecule has 3 N–H and O–H groups in total. The van der Waals surface area contributed by atoms with Crippen molar-refractivity contribution in [1.82, 2.24) is 4.90 Å². The third-order valence-electron chi connectivity index (χ3n) is 5.67. The van der Waals surface area contributed by atoms with Crippen LogP contribution in [0.25, 0.3) is 0 Å². The number of fused-ring (bicyclic) bond motifs is 1. The summed E-state index contributed by atoms with van der Waals surface area (Å²) in [5.41, 5.74) is 10.3. The molecule has 1 unspecified atom stereocenters. The van der Waals surface area contributed by atoms with Crippen molar-refractivity contribution in [2.75, 3.05) is 38.2 Å². The fourth-order valence-corrected chi connectivity index (χ4v) is 5.17. The minimum atomic E-state index is 0.257. The summed E-state index contributed by atoms with van der Waals surface area (Å²) in [6.45, 7) is 6.27. The van der Waals surface area contributed by atoms with Gasteiger partial charge in [0.05, 0.1) is 25.8 Å². The molecule has 150 valence electrons. The van der Waals surface area contributed by atoms with Crippen molar-refractivity contribution in [1.29, 1.82) is 0 Å². The van der Waals surface area contributed by atoms with Gasteiger partial charge in [-0.1, -0.05) is 12.1 Å². The lowest BCUT2D eigenvalue weighted by Gasteiger charge is -2.33. The van der Waals surface area contributed by atoms with Crippen LogP contribution in [-0.4, -0.2) is 43.7 Å². The van der Waals surface area contributed by atoms with E-state index in [4.69, 9.17) is 15.5 Å². The molecule has 1 aliphatic heterocycles. The molecule has 2 heterocycles. The molecule has 1 aromatic carbocycles. The molecule has 1 atom stereocenters. The lowest BCUT2D eigenvalue weighted by atomic mass is 9.90. The third-order valence-corrected chi connectivity index (χ3v) is 6.77. The van der Waals surface area contributed by atoms with E-state index in [1.54, 1.807) is 0 Å². The number of hydrogen-bond donors (Lipinski definition) is 2. The Kier molecular flexibility index (Phi) is 6.29. The molecule has 2 aliphatic rings. The molecule has 0 spiro atoms. The predicted molar refractivity (Wildman–Crippen MR) is 117 cm³/mol. The predicted octanol–water partition coefficient (Wildman–Crippen LogP) is 3.74. The van der Waals surface area contributed by atoms with Crippen molar-refractivity contribution < 1.29 is 4.74 Å². The third kappa shape index (κ3) is 4.57. The van der Waals surface area contributed by atoms with Crippen LogP contribution in [0, 0.1) is 6.92 Å². The van der Waals surface area contributed by atoms with Gasteiger partial charge in [0.25, 0.3) is 0 Å². The summed E-state index contributed by atoms with van der Waals surface area (Å²) < 4.78 is 5.54. The van der Waals surface area contributed by atoms with E-state index in [1.807, 2.05) is 11.3 Å². The van der Waals surface area contributed by atoms with Gasteiger partial charge in [0.2, 0.25) is 0 Å². The number of nitrogens with one attached hydrogen (secondary N) is 1. The Bertz CT molecular complexity index is 826. The number of aryl methyl sites for hydroxylation is 2. The Morgan fingerprint density at radius 3 is 2.82 bits per heavy atom. The summed E-state index contributed by atoms with van der Waals surface area (Å²) in [5, 5.41) is 3.37. The summed E-state index contributed by atoms with van der Waals surface area (Å²) in [6, 6.07) is 11.1. The number of morpholine rings is 1. The van der Waals surface area contributed by atoms with Gasteiger partial charge in [-0.3, -0.25) is 9.89 Å². The highest BCUT2D eigenvalue weighted by atomic mass is 32.1. The summed E-state index contributed by atoms with van der Waals surface area (Å²) in [4.78, 5) is 9.89. The van der Waals surface area contributed by atoms with E-state index >= 15 is 0 Å². The molecule has 0 saturated carbocycles. The van der Waals surface area contributed by atoms with Crippen LogP contribution in [0.2, 0.25) is 0 Å². The fraction of sp³-hybridized carbons (Fsp3) is 0.500. The number of ether oxygens (including phenoxy) is 1. The van der Waals surface area contributed by atoms with Gasteiger partial charge in [-0.05, 0) is 61.9 Å². The number of nitrogens with two attached hydrogens (primary N) is 1. The number of guanidine groups is 1. The maximum atomic E-state index is 6.30. The second kappa shape index (κ2) is 9.07. The Labute approximate surface area is 171 Å². The Balaban J connectivity index is 1.48. The monoisotopic (exact) mass is 398 g/mol. The molecule has 1 saturated heterocycles. The summed E-state index contributed by atoms with van der Waals surface area (Å²) >= 11 is 1.85. The van der Waals surface area contributed by atoms with Gasteiger partial charge in [-0.25, -0.2) is 0 Å². The maximum absolute atomic E-state index is 6.30. The highest BCUT2D eigenvalue weighted by Gasteiger charge is 2.24. The van der Waals surface area contributed by atoms with Gasteiger partial charge in [-0.2, -0.15) is 0 Å². The molecule has 28 heavy (non-hydrogen) atoms. The molecule has 4 rings (SSSR count). The molecule has 6 heteroatoms. The van der Waals surface area contributed by atoms with E-state index in [9.17, 15) is 0 Å². The smallest absolute Gasteiger partial charge is 0.193 e. The molecule has 1 fully saturated rings. The van der Waals surface area contributed by atoms with E-state index in [-0.39, 0.29) is 6.04 Å². The van der Waals surface area contributed by atoms with Gasteiger partial charge < -0.3 is 15.8 Å². The van der Waals surface area contributed by atoms with Crippen LogP contribution in [-0.2, 0) is 17.6 Å². The average molecular weight is 399 g/mol. The van der Waals surface area contributed by atoms with Crippen molar-refractivity contribution in [2.24, 2.45) is 10.7 Å². The van der Waals surface area contributed by atoms with Crippen molar-refractivity contribution >= 4 is 23.0 Å². The highest BCUT2D eigenvalue weighted by Crippen LogP contribution is 2.29. The second-order valence-electron chi connectivity index (χ2n) is 7.61. The molecule has 0 amide bonds. The van der Waals surface area contributed by atoms with E-state index in [2.05, 4.69) is 47.5 Å². The Morgan fingerprint density at radius 1 is 1.21 bits per heavy atom. The molecule has 0 bridgehead atoms. The van der Waals surface area contributed by atoms with Gasteiger partial charge >= 0.3 is 0 Å². The molecular formula is C22H30N4OS. The van der Waals surface area contributed by atoms with Crippen LogP contribution in [0.3, 0.4) is 0 Å². The molecule has 1 aliphatic carbocycles. The van der Waals surface area contributed by atoms with Crippen LogP contribution in [0.4, 0.5) is 5.69 Å². The zero-order valence-electron chi connectivity index (χ0n) is 16.6. The molecule has 5 nitrogen and oxygen atoms in total. The normalized spacial score (nSPS) is 19.2. The average Bonchev–Trinajstić information content (AvgIpc) is 3.15. The van der Waals surface area contributed by atoms with Gasteiger partial charge in [-0.15, -0.1) is 11.3 Å². The first kappa shape index (κ1) is 19.4. The zero-order valence-corrected chi connectivity index (χ0v) is 17.4. The number of rotatable bonds is 5. The number of hydrogen-bond acceptors (Lipinski definition) is 4. The number of thiophene rings is 1. The van der Waals surface area contributed by atoms with Gasteiger partial charge in [0.1, 0.15) is 0 Å². The summed E-state index contributed by atoms with van der Waals surface area (Å²) in [6.07, 6.45) is 4.82. The molecular weight excluding hydrogens is 368 g/mol. The number of anilines is 1. The number of benzene rings is 1. The topological polar surface area (TPSA) is 62.9 Å². The van der Waals surface area contributed by atoms with Gasteiger partial charge in [0, 0.05) is 28.5 Å². The lowest BCUT2D eigenvalue weighted by molar-refractivity contribution is 0.0187. The van der Waals surface area contributed by atoms with E-state index < -0.39 is 0 Å². The van der Waals surface area contributed by atoms with Crippen molar-refractivity contribution in [3.63, 3.8) is 0 Å². The fourth-order valence-electron chi connectivity index (χ4n) is 4.17. The highest BCUT2D eigenvalue weighted by molar-refractivity contribution is 7.12. The first-order valence-corrected chi connectivity index (χ1v) is 11.1. The second-order valence-corrected chi connectivity index (χ2v) is 8.93. The molecule has 0 radical (unpaired) electrons.